The quantitative estimate of drug-likeness (QED) is 0.609. The molecule has 17 heavy (non-hydrogen) atoms. The highest BCUT2D eigenvalue weighted by atomic mass is 32.2. The summed E-state index contributed by atoms with van der Waals surface area (Å²) in [7, 11) is 0. The maximum atomic E-state index is 12.2. The summed E-state index contributed by atoms with van der Waals surface area (Å²) in [4.78, 5) is 0. The van der Waals surface area contributed by atoms with Gasteiger partial charge in [0.15, 0.2) is 0 Å². The molecular weight excluding hydrogens is 255 g/mol. The number of alkyl halides is 3. The van der Waals surface area contributed by atoms with Gasteiger partial charge in [0.25, 0.3) is 0 Å². The summed E-state index contributed by atoms with van der Waals surface area (Å²) in [5.74, 6) is 0. The van der Waals surface area contributed by atoms with Crippen molar-refractivity contribution in [1.82, 2.24) is 9.78 Å². The van der Waals surface area contributed by atoms with Gasteiger partial charge in [0.05, 0.1) is 12.4 Å². The Hall–Kier alpha value is -1.02. The first-order chi connectivity index (χ1) is 7.60. The van der Waals surface area contributed by atoms with E-state index in [-0.39, 0.29) is 10.2 Å². The smallest absolute Gasteiger partial charge is 0.504 e. The van der Waals surface area contributed by atoms with Gasteiger partial charge in [0.1, 0.15) is 16.1 Å². The topological polar surface area (TPSA) is 53.2 Å². The van der Waals surface area contributed by atoms with Crippen LogP contribution in [0.5, 0.6) is 0 Å². The third-order valence-electron chi connectivity index (χ3n) is 1.68. The molecule has 8 heteroatoms. The number of hydrogen-bond acceptors (Lipinski definition) is 3. The molecule has 0 radical (unpaired) electrons. The Balaban J connectivity index is 2.77. The molecule has 1 aromatic heterocycles. The Morgan fingerprint density at radius 2 is 2.00 bits per heavy atom. The number of hydrogen-bond donors (Lipinski definition) is 0. The Bertz CT molecular complexity index is 408. The summed E-state index contributed by atoms with van der Waals surface area (Å²) in [5, 5.41) is 3.13. The molecule has 4 nitrogen and oxygen atoms in total. The molecule has 0 aliphatic carbocycles. The van der Waals surface area contributed by atoms with Gasteiger partial charge >= 0.3 is 6.30 Å². The first-order valence-corrected chi connectivity index (χ1v) is 5.79. The summed E-state index contributed by atoms with van der Waals surface area (Å²) in [6.45, 7) is 5.17. The predicted molar refractivity (Wildman–Crippen MR) is 59.0 cm³/mol. The van der Waals surface area contributed by atoms with Gasteiger partial charge in [0.2, 0.25) is 0 Å². The molecule has 0 unspecified atom stereocenters. The Labute approximate surface area is 99.8 Å². The van der Waals surface area contributed by atoms with Gasteiger partial charge in [0, 0.05) is 11.8 Å². The van der Waals surface area contributed by atoms with Crippen molar-refractivity contribution in [2.24, 2.45) is 4.40 Å². The van der Waals surface area contributed by atoms with E-state index in [1.54, 1.807) is 20.8 Å². The van der Waals surface area contributed by atoms with Crippen LogP contribution in [0.4, 0.5) is 13.2 Å². The SMILES string of the molecule is CC(C)(C)[S@@+]([O-])N=Cc1cnn(C(F)(F)F)c1. The van der Waals surface area contributed by atoms with Crippen molar-refractivity contribution in [2.45, 2.75) is 31.8 Å². The number of halogens is 3. The van der Waals surface area contributed by atoms with Gasteiger partial charge < -0.3 is 4.55 Å². The molecule has 0 saturated carbocycles. The van der Waals surface area contributed by atoms with Crippen LogP contribution in [-0.4, -0.2) is 25.3 Å². The monoisotopic (exact) mass is 267 g/mol. The maximum Gasteiger partial charge on any atom is 0.504 e. The second-order valence-corrected chi connectivity index (χ2v) is 6.22. The highest BCUT2D eigenvalue weighted by Crippen LogP contribution is 2.21. The average molecular weight is 267 g/mol. The second-order valence-electron chi connectivity index (χ2n) is 4.28. The van der Waals surface area contributed by atoms with E-state index >= 15 is 0 Å². The highest BCUT2D eigenvalue weighted by Gasteiger charge is 2.31. The standard InChI is InChI=1S/C9H12F3N3OS/c1-8(2,3)17(16)14-5-7-4-13-15(6-7)9(10,11)12/h4-6H,1-3H3/t17-/m1/s1. The summed E-state index contributed by atoms with van der Waals surface area (Å²) < 4.78 is 51.1. The normalized spacial score (nSPS) is 15.5. The minimum absolute atomic E-state index is 0.131. The highest BCUT2D eigenvalue weighted by molar-refractivity contribution is 7.91. The third-order valence-corrected chi connectivity index (χ3v) is 3.03. The zero-order valence-corrected chi connectivity index (χ0v) is 10.3. The molecule has 0 spiro atoms. The van der Waals surface area contributed by atoms with Crippen molar-refractivity contribution in [3.8, 4) is 0 Å². The second kappa shape index (κ2) is 4.69. The van der Waals surface area contributed by atoms with Crippen molar-refractivity contribution in [1.29, 1.82) is 0 Å². The van der Waals surface area contributed by atoms with Gasteiger partial charge in [-0.2, -0.15) is 9.78 Å². The molecule has 0 N–H and O–H groups in total. The molecule has 1 atom stereocenters. The predicted octanol–water partition coefficient (Wildman–Crippen LogP) is 2.24. The van der Waals surface area contributed by atoms with Crippen molar-refractivity contribution < 1.29 is 17.7 Å². The number of rotatable bonds is 2. The molecule has 0 aliphatic rings. The van der Waals surface area contributed by atoms with E-state index in [1.165, 1.54) is 0 Å². The molecule has 0 bridgehead atoms. The van der Waals surface area contributed by atoms with E-state index in [2.05, 4.69) is 9.50 Å². The van der Waals surface area contributed by atoms with Crippen LogP contribution in [0.1, 0.15) is 26.3 Å². The summed E-state index contributed by atoms with van der Waals surface area (Å²) >= 11 is -1.50. The van der Waals surface area contributed by atoms with Crippen molar-refractivity contribution in [2.75, 3.05) is 0 Å². The van der Waals surface area contributed by atoms with Crippen LogP contribution in [0, 0.1) is 0 Å². The maximum absolute atomic E-state index is 12.2. The minimum atomic E-state index is -4.55. The zero-order valence-electron chi connectivity index (χ0n) is 9.52. The summed E-state index contributed by atoms with van der Waals surface area (Å²) in [5.41, 5.74) is 0.153. The molecule has 96 valence electrons. The van der Waals surface area contributed by atoms with Gasteiger partial charge in [-0.1, -0.05) is 4.40 Å². The largest absolute Gasteiger partial charge is 0.591 e. The Morgan fingerprint density at radius 3 is 2.41 bits per heavy atom. The molecule has 1 aromatic rings. The fourth-order valence-corrected chi connectivity index (χ4v) is 1.34. The van der Waals surface area contributed by atoms with Crippen LogP contribution in [-0.2, 0) is 17.7 Å². The molecule has 1 heterocycles. The number of aromatic nitrogens is 2. The van der Waals surface area contributed by atoms with Gasteiger partial charge in [-0.05, 0) is 20.8 Å². The lowest BCUT2D eigenvalue weighted by molar-refractivity contribution is -0.212. The number of nitrogens with zero attached hydrogens (tertiary/aromatic N) is 3. The molecule has 1 rings (SSSR count). The van der Waals surface area contributed by atoms with Gasteiger partial charge in [-0.15, -0.1) is 13.2 Å². The van der Waals surface area contributed by atoms with Crippen LogP contribution in [0.2, 0.25) is 0 Å². The van der Waals surface area contributed by atoms with E-state index in [0.29, 0.717) is 0 Å². The van der Waals surface area contributed by atoms with Gasteiger partial charge in [-0.25, -0.2) is 0 Å². The van der Waals surface area contributed by atoms with Crippen LogP contribution in [0.25, 0.3) is 0 Å². The van der Waals surface area contributed by atoms with E-state index in [0.717, 1.165) is 18.6 Å². The lowest BCUT2D eigenvalue weighted by Crippen LogP contribution is -2.25. The van der Waals surface area contributed by atoms with Crippen LogP contribution >= 0.6 is 0 Å². The first kappa shape index (κ1) is 14.0. The van der Waals surface area contributed by atoms with Gasteiger partial charge in [-0.3, -0.25) is 0 Å². The van der Waals surface area contributed by atoms with Crippen molar-refractivity contribution in [3.63, 3.8) is 0 Å². The van der Waals surface area contributed by atoms with Crippen LogP contribution in [0.3, 0.4) is 0 Å². The molecule has 0 amide bonds. The summed E-state index contributed by atoms with van der Waals surface area (Å²) in [6, 6.07) is 0. The Kier molecular flexibility index (Phi) is 3.88. The average Bonchev–Trinajstić information content (AvgIpc) is 2.59. The third kappa shape index (κ3) is 4.04. The van der Waals surface area contributed by atoms with Crippen molar-refractivity contribution in [3.05, 3.63) is 18.0 Å². The van der Waals surface area contributed by atoms with E-state index < -0.39 is 22.4 Å². The molecule has 0 saturated heterocycles. The van der Waals surface area contributed by atoms with E-state index in [1.807, 2.05) is 0 Å². The molecule has 0 aromatic carbocycles. The molecule has 0 fully saturated rings. The van der Waals surface area contributed by atoms with Crippen molar-refractivity contribution >= 4 is 17.6 Å². The van der Waals surface area contributed by atoms with E-state index in [9.17, 15) is 17.7 Å². The summed E-state index contributed by atoms with van der Waals surface area (Å²) in [6.07, 6.45) is -1.63. The zero-order chi connectivity index (χ0) is 13.3. The Morgan fingerprint density at radius 1 is 1.41 bits per heavy atom. The molecular formula is C9H12F3N3OS. The minimum Gasteiger partial charge on any atom is -0.591 e. The van der Waals surface area contributed by atoms with Crippen LogP contribution in [0.15, 0.2) is 16.8 Å². The van der Waals surface area contributed by atoms with Crippen LogP contribution < -0.4 is 0 Å². The first-order valence-electron chi connectivity index (χ1n) is 4.68. The molecule has 0 aliphatic heterocycles. The fourth-order valence-electron chi connectivity index (χ4n) is 0.809. The fraction of sp³-hybridized carbons (Fsp3) is 0.556. The van der Waals surface area contributed by atoms with E-state index in [4.69, 9.17) is 0 Å². The lowest BCUT2D eigenvalue weighted by atomic mass is 10.3. The lowest BCUT2D eigenvalue weighted by Gasteiger charge is -2.17.